The van der Waals surface area contributed by atoms with Gasteiger partial charge in [-0.3, -0.25) is 4.79 Å². The van der Waals surface area contributed by atoms with Crippen LogP contribution in [0.5, 0.6) is 0 Å². The number of amides is 1. The molecule has 1 heterocycles. The number of halogens is 1. The average molecular weight is 376 g/mol. The predicted octanol–water partition coefficient (Wildman–Crippen LogP) is 3.89. The first kappa shape index (κ1) is 18.4. The van der Waals surface area contributed by atoms with Gasteiger partial charge in [0.1, 0.15) is 11.9 Å². The fourth-order valence-corrected chi connectivity index (χ4v) is 4.43. The molecule has 0 aromatic heterocycles. The summed E-state index contributed by atoms with van der Waals surface area (Å²) in [6.07, 6.45) is 5.38. The van der Waals surface area contributed by atoms with Crippen molar-refractivity contribution in [2.75, 3.05) is 6.61 Å². The number of aliphatic hydroxyl groups excluding tert-OH is 1. The Kier molecular flexibility index (Phi) is 4.97. The first-order valence-electron chi connectivity index (χ1n) is 9.52. The van der Waals surface area contributed by atoms with E-state index in [2.05, 4.69) is 12.1 Å². The third kappa shape index (κ3) is 3.00. The molecule has 2 aromatic carbocycles. The molecule has 1 aliphatic heterocycles. The molecule has 1 amide bonds. The van der Waals surface area contributed by atoms with Gasteiger partial charge in [0, 0.05) is 11.5 Å². The fraction of sp³-hybridized carbons (Fsp3) is 0.304. The summed E-state index contributed by atoms with van der Waals surface area (Å²) in [5.74, 6) is -1.21. The van der Waals surface area contributed by atoms with Crippen molar-refractivity contribution in [3.05, 3.63) is 77.1 Å². The van der Waals surface area contributed by atoms with Gasteiger partial charge in [0.25, 0.3) is 5.91 Å². The lowest BCUT2D eigenvalue weighted by atomic mass is 9.73. The first-order chi connectivity index (χ1) is 13.7. The second kappa shape index (κ2) is 7.57. The number of allylic oxidation sites excluding steroid dienone is 2. The quantitative estimate of drug-likeness (QED) is 0.881. The summed E-state index contributed by atoms with van der Waals surface area (Å²) in [7, 11) is 0. The molecule has 0 radical (unpaired) electrons. The number of hydrogen-bond acceptors (Lipinski definition) is 3. The number of nitriles is 1. The lowest BCUT2D eigenvalue weighted by molar-refractivity contribution is -0.00595. The topological polar surface area (TPSA) is 64.3 Å². The predicted molar refractivity (Wildman–Crippen MR) is 104 cm³/mol. The highest BCUT2D eigenvalue weighted by molar-refractivity contribution is 5.96. The molecule has 142 valence electrons. The summed E-state index contributed by atoms with van der Waals surface area (Å²) in [5.41, 5.74) is 3.54. The molecule has 5 heteroatoms. The minimum atomic E-state index is -0.698. The number of hydrogen-bond donors (Lipinski definition) is 1. The number of carbonyl (C=O) groups excluding carboxylic acids is 1. The maximum Gasteiger partial charge on any atom is 0.255 e. The molecule has 2 aliphatic rings. The normalized spacial score (nSPS) is 23.7. The van der Waals surface area contributed by atoms with E-state index < -0.39 is 23.8 Å². The Morgan fingerprint density at radius 2 is 2.07 bits per heavy atom. The third-order valence-corrected chi connectivity index (χ3v) is 5.74. The van der Waals surface area contributed by atoms with E-state index in [1.54, 1.807) is 0 Å². The molecule has 4 nitrogen and oxygen atoms in total. The van der Waals surface area contributed by atoms with E-state index in [0.29, 0.717) is 0 Å². The number of aliphatic hydroxyl groups is 1. The molecule has 1 N–H and O–H groups in total. The molecule has 0 unspecified atom stereocenters. The van der Waals surface area contributed by atoms with E-state index in [0.717, 1.165) is 36.5 Å². The third-order valence-electron chi connectivity index (χ3n) is 5.74. The van der Waals surface area contributed by atoms with Crippen LogP contribution in [0.3, 0.4) is 0 Å². The van der Waals surface area contributed by atoms with E-state index >= 15 is 0 Å². The maximum absolute atomic E-state index is 13.5. The minimum absolute atomic E-state index is 0.184. The van der Waals surface area contributed by atoms with Crippen LogP contribution >= 0.6 is 0 Å². The molecule has 0 bridgehead atoms. The van der Waals surface area contributed by atoms with Crippen molar-refractivity contribution in [2.45, 2.75) is 37.3 Å². The van der Waals surface area contributed by atoms with Crippen molar-refractivity contribution in [3.63, 3.8) is 0 Å². The van der Waals surface area contributed by atoms with Crippen molar-refractivity contribution in [1.82, 2.24) is 4.90 Å². The van der Waals surface area contributed by atoms with Gasteiger partial charge in [0.2, 0.25) is 0 Å². The Morgan fingerprint density at radius 1 is 1.25 bits per heavy atom. The second-order valence-electron chi connectivity index (χ2n) is 7.28. The van der Waals surface area contributed by atoms with Crippen molar-refractivity contribution >= 4 is 11.5 Å². The number of carbonyl (C=O) groups is 1. The largest absolute Gasteiger partial charge is 0.394 e. The summed E-state index contributed by atoms with van der Waals surface area (Å²) in [5, 5.41) is 19.8. The van der Waals surface area contributed by atoms with Gasteiger partial charge in [-0.1, -0.05) is 36.4 Å². The zero-order valence-corrected chi connectivity index (χ0v) is 15.4. The molecule has 1 saturated heterocycles. The summed E-state index contributed by atoms with van der Waals surface area (Å²) in [6.45, 7) is -0.253. The lowest BCUT2D eigenvalue weighted by Gasteiger charge is -2.52. The van der Waals surface area contributed by atoms with Gasteiger partial charge < -0.3 is 10.0 Å². The van der Waals surface area contributed by atoms with Crippen LogP contribution in [0.2, 0.25) is 0 Å². The van der Waals surface area contributed by atoms with E-state index in [1.807, 2.05) is 24.3 Å². The molecule has 0 spiro atoms. The molecule has 2 aromatic rings. The second-order valence-corrected chi connectivity index (χ2v) is 7.28. The smallest absolute Gasteiger partial charge is 0.255 e. The fourth-order valence-electron chi connectivity index (χ4n) is 4.43. The molecule has 1 aliphatic carbocycles. The van der Waals surface area contributed by atoms with Crippen LogP contribution in [0.15, 0.2) is 54.6 Å². The minimum Gasteiger partial charge on any atom is -0.394 e. The number of rotatable bonds is 4. The van der Waals surface area contributed by atoms with Crippen LogP contribution in [0.25, 0.3) is 5.57 Å². The Bertz CT molecular complexity index is 979. The van der Waals surface area contributed by atoms with Crippen LogP contribution in [0.1, 0.15) is 46.7 Å². The Labute approximate surface area is 163 Å². The van der Waals surface area contributed by atoms with Gasteiger partial charge in [-0.2, -0.15) is 5.26 Å². The van der Waals surface area contributed by atoms with Gasteiger partial charge in [-0.05, 0) is 54.2 Å². The van der Waals surface area contributed by atoms with Crippen LogP contribution in [0, 0.1) is 17.1 Å². The molecule has 1 fully saturated rings. The maximum atomic E-state index is 13.5. The first-order valence-corrected chi connectivity index (χ1v) is 9.52. The van der Waals surface area contributed by atoms with Gasteiger partial charge in [0.05, 0.1) is 18.7 Å². The van der Waals surface area contributed by atoms with Gasteiger partial charge in [-0.15, -0.1) is 0 Å². The summed E-state index contributed by atoms with van der Waals surface area (Å²) < 4.78 is 13.5. The number of likely N-dealkylation sites (tertiary alicyclic amines) is 1. The van der Waals surface area contributed by atoms with Crippen molar-refractivity contribution in [2.24, 2.45) is 0 Å². The van der Waals surface area contributed by atoms with Crippen LogP contribution in [0.4, 0.5) is 4.39 Å². The molecule has 3 atom stereocenters. The standard InChI is InChI=1S/C23H21FN2O2/c24-17-9-5-8-16(12-17)23(28)26-20(13-25)22(21(26)14-27)19-11-4-3-10-18(19)15-6-1-2-7-15/h3-6,8-12,20-22,27H,1-2,7,14H2/t20-,21+,22+/m0/s1. The Morgan fingerprint density at radius 3 is 2.75 bits per heavy atom. The van der Waals surface area contributed by atoms with E-state index in [1.165, 1.54) is 28.7 Å². The SMILES string of the molecule is N#C[C@H]1[C@@H](c2ccccc2C2=CCCC2)[C@@H](CO)N1C(=O)c1cccc(F)c1. The van der Waals surface area contributed by atoms with Crippen LogP contribution < -0.4 is 0 Å². The summed E-state index contributed by atoms with van der Waals surface area (Å²) in [6, 6.07) is 14.4. The van der Waals surface area contributed by atoms with E-state index in [9.17, 15) is 19.6 Å². The van der Waals surface area contributed by atoms with Crippen LogP contribution in [-0.4, -0.2) is 34.6 Å². The van der Waals surface area contributed by atoms with Crippen molar-refractivity contribution in [3.8, 4) is 6.07 Å². The zero-order chi connectivity index (χ0) is 19.7. The highest BCUT2D eigenvalue weighted by Gasteiger charge is 2.52. The average Bonchev–Trinajstić information content (AvgIpc) is 3.23. The lowest BCUT2D eigenvalue weighted by Crippen LogP contribution is -2.65. The van der Waals surface area contributed by atoms with Crippen LogP contribution in [-0.2, 0) is 0 Å². The van der Waals surface area contributed by atoms with Gasteiger partial charge in [-0.25, -0.2) is 4.39 Å². The molecule has 28 heavy (non-hydrogen) atoms. The monoisotopic (exact) mass is 376 g/mol. The Hall–Kier alpha value is -2.97. The molecular weight excluding hydrogens is 355 g/mol. The number of benzene rings is 2. The van der Waals surface area contributed by atoms with E-state index in [-0.39, 0.29) is 18.1 Å². The van der Waals surface area contributed by atoms with Gasteiger partial charge >= 0.3 is 0 Å². The van der Waals surface area contributed by atoms with E-state index in [4.69, 9.17) is 0 Å². The number of nitrogens with zero attached hydrogens (tertiary/aromatic N) is 2. The van der Waals surface area contributed by atoms with Crippen molar-refractivity contribution in [1.29, 1.82) is 5.26 Å². The molecule has 4 rings (SSSR count). The zero-order valence-electron chi connectivity index (χ0n) is 15.4. The highest BCUT2D eigenvalue weighted by Crippen LogP contribution is 2.44. The van der Waals surface area contributed by atoms with Crippen molar-refractivity contribution < 1.29 is 14.3 Å². The molecular formula is C23H21FN2O2. The highest BCUT2D eigenvalue weighted by atomic mass is 19.1. The van der Waals surface area contributed by atoms with Gasteiger partial charge in [0.15, 0.2) is 0 Å². The molecule has 0 saturated carbocycles. The summed E-state index contributed by atoms with van der Waals surface area (Å²) in [4.78, 5) is 14.3. The Balaban J connectivity index is 1.69. The summed E-state index contributed by atoms with van der Waals surface area (Å²) >= 11 is 0.